The largest absolute Gasteiger partial charge is 0.417 e. The lowest BCUT2D eigenvalue weighted by atomic mass is 10.2. The van der Waals surface area contributed by atoms with Crippen LogP contribution < -0.4 is 11.2 Å². The zero-order valence-electron chi connectivity index (χ0n) is 13.1. The first-order valence-electron chi connectivity index (χ1n) is 7.20. The molecule has 0 unspecified atom stereocenters. The summed E-state index contributed by atoms with van der Waals surface area (Å²) in [6.07, 6.45) is -2.54. The van der Waals surface area contributed by atoms with Crippen molar-refractivity contribution < 1.29 is 22.7 Å². The van der Waals surface area contributed by atoms with Crippen LogP contribution in [0.25, 0.3) is 0 Å². The molecule has 0 bridgehead atoms. The Hall–Kier alpha value is -2.66. The molecule has 8 nitrogen and oxygen atoms in total. The number of morpholine rings is 1. The maximum absolute atomic E-state index is 12.5. The standard InChI is InChI=1S/C14H17F3N6O2/c15-14(16,17)9-1-2-11(21-7-9)22-8-10(13(19)25-20)12(18)23-3-5-24-6-4-23/h1-2,7-8,18-19H,3-6,20H2,(H,21,22)/b10-8+,18-12?,19-13?. The molecule has 0 atom stereocenters. The van der Waals surface area contributed by atoms with Crippen LogP contribution in [0.5, 0.6) is 0 Å². The van der Waals surface area contributed by atoms with Crippen LogP contribution in [-0.4, -0.2) is 47.9 Å². The van der Waals surface area contributed by atoms with E-state index < -0.39 is 17.6 Å². The van der Waals surface area contributed by atoms with Crippen molar-refractivity contribution in [1.82, 2.24) is 9.88 Å². The molecule has 0 aliphatic carbocycles. The van der Waals surface area contributed by atoms with Gasteiger partial charge in [-0.2, -0.15) is 19.1 Å². The van der Waals surface area contributed by atoms with Crippen molar-refractivity contribution in [2.24, 2.45) is 5.90 Å². The number of amidine groups is 1. The van der Waals surface area contributed by atoms with Gasteiger partial charge >= 0.3 is 6.18 Å². The van der Waals surface area contributed by atoms with E-state index in [2.05, 4.69) is 15.1 Å². The van der Waals surface area contributed by atoms with Gasteiger partial charge in [-0.25, -0.2) is 4.98 Å². The van der Waals surface area contributed by atoms with E-state index in [0.29, 0.717) is 32.5 Å². The SMILES string of the molecule is N=C(ON)/C(=C/Nc1ccc(C(F)(F)F)cn1)C(=N)N1CCOCC1. The molecule has 0 spiro atoms. The summed E-state index contributed by atoms with van der Waals surface area (Å²) in [5.74, 6) is 4.64. The van der Waals surface area contributed by atoms with Crippen LogP contribution in [0.1, 0.15) is 5.56 Å². The zero-order valence-corrected chi connectivity index (χ0v) is 13.1. The molecule has 0 amide bonds. The average Bonchev–Trinajstić information content (AvgIpc) is 2.61. The lowest BCUT2D eigenvalue weighted by molar-refractivity contribution is -0.137. The van der Waals surface area contributed by atoms with Gasteiger partial charge in [-0.1, -0.05) is 0 Å². The number of rotatable bonds is 4. The highest BCUT2D eigenvalue weighted by Gasteiger charge is 2.30. The molecule has 2 heterocycles. The van der Waals surface area contributed by atoms with Crippen molar-refractivity contribution >= 4 is 17.6 Å². The van der Waals surface area contributed by atoms with E-state index in [0.717, 1.165) is 12.1 Å². The number of aromatic nitrogens is 1. The average molecular weight is 358 g/mol. The quantitative estimate of drug-likeness (QED) is 0.368. The van der Waals surface area contributed by atoms with Crippen molar-refractivity contribution in [3.8, 4) is 0 Å². The van der Waals surface area contributed by atoms with E-state index in [1.54, 1.807) is 4.90 Å². The second-order valence-electron chi connectivity index (χ2n) is 5.03. The van der Waals surface area contributed by atoms with Gasteiger partial charge in [0.2, 0.25) is 5.90 Å². The number of nitrogens with one attached hydrogen (secondary N) is 3. The minimum Gasteiger partial charge on any atom is -0.391 e. The number of halogens is 3. The fourth-order valence-corrected chi connectivity index (χ4v) is 2.06. The Bertz CT molecular complexity index is 654. The summed E-state index contributed by atoms with van der Waals surface area (Å²) < 4.78 is 42.8. The summed E-state index contributed by atoms with van der Waals surface area (Å²) in [6.45, 7) is 1.82. The van der Waals surface area contributed by atoms with Crippen LogP contribution >= 0.6 is 0 Å². The monoisotopic (exact) mass is 358 g/mol. The number of alkyl halides is 3. The number of anilines is 1. The predicted octanol–water partition coefficient (Wildman–Crippen LogP) is 1.57. The number of hydrogen-bond donors (Lipinski definition) is 4. The molecule has 0 aromatic carbocycles. The van der Waals surface area contributed by atoms with Gasteiger partial charge in [-0.05, 0) is 12.1 Å². The molecule has 1 saturated heterocycles. The van der Waals surface area contributed by atoms with E-state index in [4.69, 9.17) is 21.5 Å². The highest BCUT2D eigenvalue weighted by atomic mass is 19.4. The minimum atomic E-state index is -4.47. The van der Waals surface area contributed by atoms with Crippen molar-refractivity contribution in [3.63, 3.8) is 0 Å². The maximum atomic E-state index is 12.5. The van der Waals surface area contributed by atoms with Gasteiger partial charge in [0.25, 0.3) is 0 Å². The lowest BCUT2D eigenvalue weighted by Crippen LogP contribution is -2.42. The Morgan fingerprint density at radius 2 is 2.00 bits per heavy atom. The van der Waals surface area contributed by atoms with Gasteiger partial charge in [0.1, 0.15) is 11.7 Å². The van der Waals surface area contributed by atoms with Crippen LogP contribution in [0.2, 0.25) is 0 Å². The Labute approximate surface area is 141 Å². The zero-order chi connectivity index (χ0) is 18.4. The second kappa shape index (κ2) is 7.94. The van der Waals surface area contributed by atoms with E-state index in [9.17, 15) is 13.2 Å². The topological polar surface area (TPSA) is 120 Å². The highest BCUT2D eigenvalue weighted by Crippen LogP contribution is 2.28. The van der Waals surface area contributed by atoms with E-state index in [1.807, 2.05) is 0 Å². The van der Waals surface area contributed by atoms with Crippen molar-refractivity contribution in [3.05, 3.63) is 35.7 Å². The summed E-state index contributed by atoms with van der Waals surface area (Å²) in [5.41, 5.74) is -0.840. The molecule has 11 heteroatoms. The maximum Gasteiger partial charge on any atom is 0.417 e. The fourth-order valence-electron chi connectivity index (χ4n) is 2.06. The first-order chi connectivity index (χ1) is 11.8. The van der Waals surface area contributed by atoms with E-state index in [-0.39, 0.29) is 17.2 Å². The van der Waals surface area contributed by atoms with Crippen molar-refractivity contribution in [2.75, 3.05) is 31.6 Å². The molecule has 1 aliphatic rings. The van der Waals surface area contributed by atoms with Gasteiger partial charge in [-0.3, -0.25) is 10.8 Å². The van der Waals surface area contributed by atoms with Crippen LogP contribution in [0.4, 0.5) is 19.0 Å². The molecule has 1 aromatic rings. The number of nitrogens with two attached hydrogens (primary N) is 1. The number of ether oxygens (including phenoxy) is 1. The summed E-state index contributed by atoms with van der Waals surface area (Å²) in [5, 5.41) is 18.5. The van der Waals surface area contributed by atoms with Crippen molar-refractivity contribution in [1.29, 1.82) is 10.8 Å². The van der Waals surface area contributed by atoms with E-state index in [1.165, 1.54) is 6.20 Å². The highest BCUT2D eigenvalue weighted by molar-refractivity contribution is 6.18. The third-order valence-corrected chi connectivity index (χ3v) is 3.40. The lowest BCUT2D eigenvalue weighted by Gasteiger charge is -2.29. The molecule has 5 N–H and O–H groups in total. The van der Waals surface area contributed by atoms with Gasteiger partial charge in [0.05, 0.1) is 24.4 Å². The summed E-state index contributed by atoms with van der Waals surface area (Å²) in [6, 6.07) is 2.02. The third kappa shape index (κ3) is 4.90. The summed E-state index contributed by atoms with van der Waals surface area (Å²) in [7, 11) is 0. The number of pyridine rings is 1. The van der Waals surface area contributed by atoms with Crippen molar-refractivity contribution in [2.45, 2.75) is 6.18 Å². The molecule has 1 aliphatic heterocycles. The Balaban J connectivity index is 2.14. The van der Waals surface area contributed by atoms with Crippen LogP contribution in [-0.2, 0) is 15.8 Å². The Morgan fingerprint density at radius 1 is 1.32 bits per heavy atom. The van der Waals surface area contributed by atoms with Crippen LogP contribution in [0, 0.1) is 10.8 Å². The molecule has 1 aromatic heterocycles. The molecular formula is C14H17F3N6O2. The van der Waals surface area contributed by atoms with Crippen LogP contribution in [0.3, 0.4) is 0 Å². The first-order valence-corrected chi connectivity index (χ1v) is 7.20. The Kier molecular flexibility index (Phi) is 5.93. The predicted molar refractivity (Wildman–Crippen MR) is 84.1 cm³/mol. The second-order valence-corrected chi connectivity index (χ2v) is 5.03. The van der Waals surface area contributed by atoms with Crippen LogP contribution in [0.15, 0.2) is 30.1 Å². The number of hydrogen-bond acceptors (Lipinski definition) is 7. The minimum absolute atomic E-state index is 0.0156. The molecule has 0 saturated carbocycles. The van der Waals surface area contributed by atoms with Gasteiger partial charge in [0, 0.05) is 25.5 Å². The summed E-state index contributed by atoms with van der Waals surface area (Å²) in [4.78, 5) is 9.71. The molecule has 2 rings (SSSR count). The molecule has 1 fully saturated rings. The molecule has 136 valence electrons. The van der Waals surface area contributed by atoms with Gasteiger partial charge < -0.3 is 19.8 Å². The molecule has 25 heavy (non-hydrogen) atoms. The Morgan fingerprint density at radius 3 is 2.52 bits per heavy atom. The first kappa shape index (κ1) is 18.7. The van der Waals surface area contributed by atoms with Gasteiger partial charge in [-0.15, -0.1) is 0 Å². The van der Waals surface area contributed by atoms with Gasteiger partial charge in [0.15, 0.2) is 0 Å². The third-order valence-electron chi connectivity index (χ3n) is 3.40. The van der Waals surface area contributed by atoms with E-state index >= 15 is 0 Å². The number of nitrogens with zero attached hydrogens (tertiary/aromatic N) is 2. The summed E-state index contributed by atoms with van der Waals surface area (Å²) >= 11 is 0. The smallest absolute Gasteiger partial charge is 0.391 e. The fraction of sp³-hybridized carbons (Fsp3) is 0.357. The molecular weight excluding hydrogens is 341 g/mol. The normalized spacial score (nSPS) is 15.7. The molecule has 0 radical (unpaired) electrons.